The third-order valence-electron chi connectivity index (χ3n) is 2.58. The van der Waals surface area contributed by atoms with Crippen LogP contribution < -0.4 is 4.90 Å². The average Bonchev–Trinajstić information content (AvgIpc) is 2.12. The first-order valence-corrected chi connectivity index (χ1v) is 4.54. The van der Waals surface area contributed by atoms with Crippen LogP contribution in [0.15, 0.2) is 18.2 Å². The summed E-state index contributed by atoms with van der Waals surface area (Å²) in [5.74, 6) is 0.219. The normalized spacial score (nSPS) is 14.7. The maximum Gasteiger partial charge on any atom is 0.227 e. The van der Waals surface area contributed by atoms with Crippen LogP contribution in [0.4, 0.5) is 5.69 Å². The molecule has 1 aliphatic rings. The van der Waals surface area contributed by atoms with Crippen molar-refractivity contribution in [2.75, 3.05) is 11.9 Å². The molecule has 0 aromatic heterocycles. The summed E-state index contributed by atoms with van der Waals surface area (Å²) < 4.78 is 0. The van der Waals surface area contributed by atoms with Crippen LogP contribution in [0.25, 0.3) is 0 Å². The Labute approximate surface area is 85.5 Å². The van der Waals surface area contributed by atoms with Crippen molar-refractivity contribution >= 4 is 11.6 Å². The summed E-state index contributed by atoms with van der Waals surface area (Å²) in [5.41, 5.74) is 3.63. The maximum absolute atomic E-state index is 11.4. The second-order valence-corrected chi connectivity index (χ2v) is 3.58. The molecule has 1 heterocycles. The van der Waals surface area contributed by atoms with Crippen LogP contribution in [0.3, 0.4) is 0 Å². The minimum absolute atomic E-state index is 0. The van der Waals surface area contributed by atoms with Crippen molar-refractivity contribution < 1.29 is 4.79 Å². The Balaban J connectivity index is 0.000000980. The molecule has 0 fully saturated rings. The molecular weight excluding hydrogens is 174 g/mol. The predicted octanol–water partition coefficient (Wildman–Crippen LogP) is 2.54. The maximum atomic E-state index is 11.4. The molecule has 0 unspecified atom stereocenters. The molecule has 0 spiro atoms. The van der Waals surface area contributed by atoms with Gasteiger partial charge in [0.25, 0.3) is 0 Å². The largest absolute Gasteiger partial charge is 0.315 e. The Morgan fingerprint density at radius 3 is 2.71 bits per heavy atom. The minimum Gasteiger partial charge on any atom is -0.315 e. The molecule has 14 heavy (non-hydrogen) atoms. The lowest BCUT2D eigenvalue weighted by Crippen LogP contribution is -2.30. The lowest BCUT2D eigenvalue weighted by Gasteiger charge is -2.25. The molecule has 1 aromatic rings. The number of nitrogens with zero attached hydrogens (tertiary/aromatic N) is 1. The minimum atomic E-state index is 0. The van der Waals surface area contributed by atoms with Crippen molar-refractivity contribution in [3.63, 3.8) is 0 Å². The molecule has 0 aliphatic carbocycles. The Bertz CT molecular complexity index is 357. The van der Waals surface area contributed by atoms with Gasteiger partial charge in [0.15, 0.2) is 0 Å². The molecule has 2 heteroatoms. The number of amides is 1. The van der Waals surface area contributed by atoms with E-state index in [-0.39, 0.29) is 13.3 Å². The van der Waals surface area contributed by atoms with E-state index in [9.17, 15) is 4.79 Å². The number of anilines is 1. The molecule has 0 saturated heterocycles. The number of fused-ring (bicyclic) bond motifs is 1. The van der Waals surface area contributed by atoms with Gasteiger partial charge in [0.1, 0.15) is 0 Å². The summed E-state index contributed by atoms with van der Waals surface area (Å²) in [6.45, 7) is 2.08. The summed E-state index contributed by atoms with van der Waals surface area (Å²) in [7, 11) is 1.84. The van der Waals surface area contributed by atoms with Crippen molar-refractivity contribution in [1.29, 1.82) is 0 Å². The van der Waals surface area contributed by atoms with Crippen molar-refractivity contribution in [2.24, 2.45) is 0 Å². The second-order valence-electron chi connectivity index (χ2n) is 3.58. The highest BCUT2D eigenvalue weighted by molar-refractivity contribution is 5.95. The zero-order valence-corrected chi connectivity index (χ0v) is 8.00. The highest BCUT2D eigenvalue weighted by Gasteiger charge is 2.19. The number of rotatable bonds is 0. The van der Waals surface area contributed by atoms with Crippen LogP contribution in [-0.2, 0) is 11.2 Å². The third-order valence-corrected chi connectivity index (χ3v) is 2.58. The van der Waals surface area contributed by atoms with Crippen LogP contribution in [-0.4, -0.2) is 13.0 Å². The Kier molecular flexibility index (Phi) is 2.94. The van der Waals surface area contributed by atoms with E-state index in [2.05, 4.69) is 13.0 Å². The van der Waals surface area contributed by atoms with Gasteiger partial charge < -0.3 is 4.90 Å². The fourth-order valence-electron chi connectivity index (χ4n) is 1.79. The van der Waals surface area contributed by atoms with E-state index in [1.807, 2.05) is 19.2 Å². The zero-order valence-electron chi connectivity index (χ0n) is 8.00. The molecular formula is C12H17NO. The monoisotopic (exact) mass is 191 g/mol. The van der Waals surface area contributed by atoms with Gasteiger partial charge >= 0.3 is 0 Å². The molecule has 0 atom stereocenters. The van der Waals surface area contributed by atoms with E-state index >= 15 is 0 Å². The first-order valence-electron chi connectivity index (χ1n) is 4.54. The smallest absolute Gasteiger partial charge is 0.227 e. The molecule has 76 valence electrons. The Hall–Kier alpha value is -1.31. The van der Waals surface area contributed by atoms with E-state index < -0.39 is 0 Å². The number of benzene rings is 1. The summed E-state index contributed by atoms with van der Waals surface area (Å²) in [4.78, 5) is 13.1. The standard InChI is InChI=1S/C11H13NO.CH4/c1-8-3-5-10-9(7-8)4-6-11(13)12(10)2;/h3,5,7H,4,6H2,1-2H3;1H4. The van der Waals surface area contributed by atoms with Crippen LogP contribution >= 0.6 is 0 Å². The predicted molar refractivity (Wildman–Crippen MR) is 59.6 cm³/mol. The molecule has 0 N–H and O–H groups in total. The highest BCUT2D eigenvalue weighted by atomic mass is 16.2. The van der Waals surface area contributed by atoms with Gasteiger partial charge in [-0.15, -0.1) is 0 Å². The van der Waals surface area contributed by atoms with Crippen LogP contribution in [0, 0.1) is 6.92 Å². The number of hydrogen-bond acceptors (Lipinski definition) is 1. The molecule has 0 bridgehead atoms. The summed E-state index contributed by atoms with van der Waals surface area (Å²) in [6.07, 6.45) is 1.53. The van der Waals surface area contributed by atoms with Gasteiger partial charge in [-0.25, -0.2) is 0 Å². The summed E-state index contributed by atoms with van der Waals surface area (Å²) in [6, 6.07) is 6.24. The van der Waals surface area contributed by atoms with Crippen molar-refractivity contribution in [3.05, 3.63) is 29.3 Å². The topological polar surface area (TPSA) is 20.3 Å². The first kappa shape index (κ1) is 10.8. The van der Waals surface area contributed by atoms with Gasteiger partial charge in [0.05, 0.1) is 0 Å². The SMILES string of the molecule is C.Cc1ccc2c(c1)CCC(=O)N2C. The number of hydrogen-bond donors (Lipinski definition) is 0. The van der Waals surface area contributed by atoms with Gasteiger partial charge in [-0.1, -0.05) is 25.1 Å². The van der Waals surface area contributed by atoms with Crippen molar-refractivity contribution in [1.82, 2.24) is 0 Å². The molecule has 0 saturated carbocycles. The van der Waals surface area contributed by atoms with Crippen molar-refractivity contribution in [2.45, 2.75) is 27.2 Å². The van der Waals surface area contributed by atoms with Gasteiger partial charge in [-0.3, -0.25) is 4.79 Å². The molecule has 0 radical (unpaired) electrons. The van der Waals surface area contributed by atoms with Gasteiger partial charge in [0.2, 0.25) is 5.91 Å². The van der Waals surface area contributed by atoms with E-state index in [1.54, 1.807) is 4.90 Å². The number of carbonyl (C=O) groups excluding carboxylic acids is 1. The van der Waals surface area contributed by atoms with E-state index in [4.69, 9.17) is 0 Å². The Morgan fingerprint density at radius 2 is 2.00 bits per heavy atom. The number of carbonyl (C=O) groups is 1. The van der Waals surface area contributed by atoms with Crippen molar-refractivity contribution in [3.8, 4) is 0 Å². The van der Waals surface area contributed by atoms with Gasteiger partial charge in [-0.05, 0) is 25.0 Å². The van der Waals surface area contributed by atoms with Gasteiger partial charge in [0, 0.05) is 19.2 Å². The summed E-state index contributed by atoms with van der Waals surface area (Å²) in [5, 5.41) is 0. The molecule has 2 nitrogen and oxygen atoms in total. The fourth-order valence-corrected chi connectivity index (χ4v) is 1.79. The molecule has 1 aromatic carbocycles. The molecule has 1 aliphatic heterocycles. The van der Waals surface area contributed by atoms with E-state index in [0.717, 1.165) is 12.1 Å². The average molecular weight is 191 g/mol. The summed E-state index contributed by atoms with van der Waals surface area (Å²) >= 11 is 0. The first-order chi connectivity index (χ1) is 6.18. The third kappa shape index (κ3) is 1.65. The zero-order chi connectivity index (χ0) is 9.42. The van der Waals surface area contributed by atoms with E-state index in [0.29, 0.717) is 6.42 Å². The lowest BCUT2D eigenvalue weighted by atomic mass is 10.00. The number of aryl methyl sites for hydroxylation is 2. The highest BCUT2D eigenvalue weighted by Crippen LogP contribution is 2.26. The Morgan fingerprint density at radius 1 is 1.29 bits per heavy atom. The fraction of sp³-hybridized carbons (Fsp3) is 0.417. The van der Waals surface area contributed by atoms with Crippen LogP contribution in [0.1, 0.15) is 25.0 Å². The second kappa shape index (κ2) is 3.82. The van der Waals surface area contributed by atoms with Crippen LogP contribution in [0.5, 0.6) is 0 Å². The van der Waals surface area contributed by atoms with E-state index in [1.165, 1.54) is 11.1 Å². The molecule has 2 rings (SSSR count). The quantitative estimate of drug-likeness (QED) is 0.617. The van der Waals surface area contributed by atoms with Gasteiger partial charge in [-0.2, -0.15) is 0 Å². The lowest BCUT2D eigenvalue weighted by molar-refractivity contribution is -0.118. The molecule has 1 amide bonds. The van der Waals surface area contributed by atoms with Crippen LogP contribution in [0.2, 0.25) is 0 Å².